The van der Waals surface area contributed by atoms with Gasteiger partial charge in [0, 0.05) is 30.5 Å². The fourth-order valence-corrected chi connectivity index (χ4v) is 5.70. The minimum Gasteiger partial charge on any atom is -0.378 e. The number of benzene rings is 2. The van der Waals surface area contributed by atoms with Gasteiger partial charge in [-0.3, -0.25) is 19.7 Å². The molecular weight excluding hydrogens is 516 g/mol. The lowest BCUT2D eigenvalue weighted by Gasteiger charge is -2.28. The molecule has 2 fully saturated rings. The SMILES string of the molecule is Cc1cc(/C=C2\SC(=O)N(c3ccccc3Cl)C2=O)c(C)n1-c1ccc(N2CCOCC2)c([N+](=O)[O-])c1. The Hall–Kier alpha value is -3.60. The van der Waals surface area contributed by atoms with Crippen molar-refractivity contribution in [1.82, 2.24) is 4.57 Å². The summed E-state index contributed by atoms with van der Waals surface area (Å²) in [5.74, 6) is -0.446. The monoisotopic (exact) mass is 538 g/mol. The second-order valence-corrected chi connectivity index (χ2v) is 10.1. The summed E-state index contributed by atoms with van der Waals surface area (Å²) in [5, 5.41) is 11.8. The third-order valence-corrected chi connectivity index (χ3v) is 7.60. The summed E-state index contributed by atoms with van der Waals surface area (Å²) in [7, 11) is 0. The molecule has 0 bridgehead atoms. The number of nitrogens with zero attached hydrogens (tertiary/aromatic N) is 4. The third-order valence-electron chi connectivity index (χ3n) is 6.41. The number of carbonyl (C=O) groups is 2. The quantitative estimate of drug-likeness (QED) is 0.232. The van der Waals surface area contributed by atoms with Crippen LogP contribution in [0.15, 0.2) is 53.4 Å². The van der Waals surface area contributed by atoms with Crippen LogP contribution in [0.3, 0.4) is 0 Å². The molecule has 0 N–H and O–H groups in total. The van der Waals surface area contributed by atoms with Gasteiger partial charge in [0.1, 0.15) is 5.69 Å². The number of thioether (sulfide) groups is 1. The van der Waals surface area contributed by atoms with E-state index in [1.54, 1.807) is 42.5 Å². The second kappa shape index (κ2) is 10.0. The molecule has 1 aromatic heterocycles. The molecule has 0 saturated carbocycles. The number of imide groups is 1. The number of rotatable bonds is 5. The van der Waals surface area contributed by atoms with Crippen molar-refractivity contribution in [2.24, 2.45) is 0 Å². The summed E-state index contributed by atoms with van der Waals surface area (Å²) in [6.07, 6.45) is 1.68. The van der Waals surface area contributed by atoms with Gasteiger partial charge in [-0.15, -0.1) is 0 Å². The first-order valence-corrected chi connectivity index (χ1v) is 12.8. The van der Waals surface area contributed by atoms with Crippen LogP contribution in [0.4, 0.5) is 21.9 Å². The number of morpholine rings is 1. The van der Waals surface area contributed by atoms with Crippen molar-refractivity contribution in [1.29, 1.82) is 0 Å². The van der Waals surface area contributed by atoms with E-state index in [9.17, 15) is 19.7 Å². The number of anilines is 2. The van der Waals surface area contributed by atoms with Crippen LogP contribution in [0, 0.1) is 24.0 Å². The molecule has 0 atom stereocenters. The highest BCUT2D eigenvalue weighted by Crippen LogP contribution is 2.39. The predicted molar refractivity (Wildman–Crippen MR) is 145 cm³/mol. The Morgan fingerprint density at radius 3 is 2.49 bits per heavy atom. The predicted octanol–water partition coefficient (Wildman–Crippen LogP) is 5.73. The van der Waals surface area contributed by atoms with E-state index in [1.165, 1.54) is 0 Å². The van der Waals surface area contributed by atoms with Gasteiger partial charge < -0.3 is 14.2 Å². The molecule has 11 heteroatoms. The summed E-state index contributed by atoms with van der Waals surface area (Å²) in [6, 6.07) is 13.8. The van der Waals surface area contributed by atoms with Crippen LogP contribution in [0.5, 0.6) is 0 Å². The van der Waals surface area contributed by atoms with Gasteiger partial charge in [-0.25, -0.2) is 4.90 Å². The van der Waals surface area contributed by atoms with Crippen molar-refractivity contribution in [3.8, 4) is 5.69 Å². The molecular formula is C26H23ClN4O5S. The number of nitro groups is 1. The van der Waals surface area contributed by atoms with Crippen molar-refractivity contribution in [2.45, 2.75) is 13.8 Å². The molecule has 0 unspecified atom stereocenters. The first kappa shape index (κ1) is 25.1. The molecule has 0 aliphatic carbocycles. The lowest BCUT2D eigenvalue weighted by molar-refractivity contribution is -0.384. The Morgan fingerprint density at radius 1 is 1.05 bits per heavy atom. The maximum Gasteiger partial charge on any atom is 0.298 e. The number of aryl methyl sites for hydroxylation is 1. The zero-order valence-corrected chi connectivity index (χ0v) is 21.7. The van der Waals surface area contributed by atoms with E-state index in [4.69, 9.17) is 16.3 Å². The normalized spacial score (nSPS) is 17.2. The topological polar surface area (TPSA) is 97.9 Å². The van der Waals surface area contributed by atoms with Gasteiger partial charge >= 0.3 is 0 Å². The molecule has 2 saturated heterocycles. The molecule has 9 nitrogen and oxygen atoms in total. The maximum absolute atomic E-state index is 13.1. The Kier molecular flexibility index (Phi) is 6.80. The number of ether oxygens (including phenoxy) is 1. The van der Waals surface area contributed by atoms with Gasteiger partial charge in [0.15, 0.2) is 0 Å². The lowest BCUT2D eigenvalue weighted by Crippen LogP contribution is -2.36. The van der Waals surface area contributed by atoms with E-state index in [-0.39, 0.29) is 15.5 Å². The molecule has 0 radical (unpaired) electrons. The number of hydrogen-bond donors (Lipinski definition) is 0. The van der Waals surface area contributed by atoms with Crippen LogP contribution in [0.25, 0.3) is 11.8 Å². The Balaban J connectivity index is 1.49. The summed E-state index contributed by atoms with van der Waals surface area (Å²) < 4.78 is 7.28. The van der Waals surface area contributed by atoms with E-state index in [0.717, 1.165) is 33.6 Å². The minimum absolute atomic E-state index is 0.0225. The van der Waals surface area contributed by atoms with Gasteiger partial charge in [0.05, 0.1) is 39.4 Å². The number of para-hydroxylation sites is 1. The number of amides is 2. The first-order chi connectivity index (χ1) is 17.8. The number of carbonyl (C=O) groups excluding carboxylic acids is 2. The number of nitro benzene ring substituents is 1. The molecule has 5 rings (SSSR count). The smallest absolute Gasteiger partial charge is 0.298 e. The molecule has 2 aliphatic rings. The van der Waals surface area contributed by atoms with Gasteiger partial charge in [0.2, 0.25) is 0 Å². The van der Waals surface area contributed by atoms with Crippen LogP contribution in [-0.4, -0.2) is 46.9 Å². The highest BCUT2D eigenvalue weighted by Gasteiger charge is 2.37. The summed E-state index contributed by atoms with van der Waals surface area (Å²) in [4.78, 5) is 40.7. The summed E-state index contributed by atoms with van der Waals surface area (Å²) >= 11 is 7.07. The Morgan fingerprint density at radius 2 is 1.78 bits per heavy atom. The molecule has 2 amide bonds. The fourth-order valence-electron chi connectivity index (χ4n) is 4.65. The standard InChI is InChI=1S/C26H23ClN4O5S/c1-16-13-18(14-24-25(32)30(26(33)37-24)21-6-4-3-5-20(21)27)17(2)29(16)19-7-8-22(23(15-19)31(34)35)28-9-11-36-12-10-28/h3-8,13-15H,9-12H2,1-2H3/b24-14-. The van der Waals surface area contributed by atoms with Gasteiger partial charge in [-0.1, -0.05) is 23.7 Å². The summed E-state index contributed by atoms with van der Waals surface area (Å²) in [5.41, 5.74) is 3.93. The van der Waals surface area contributed by atoms with Crippen molar-refractivity contribution in [3.05, 3.63) is 85.5 Å². The highest BCUT2D eigenvalue weighted by molar-refractivity contribution is 8.19. The van der Waals surface area contributed by atoms with Crippen LogP contribution >= 0.6 is 23.4 Å². The fraction of sp³-hybridized carbons (Fsp3) is 0.231. The molecule has 2 aliphatic heterocycles. The van der Waals surface area contributed by atoms with Crippen LogP contribution in [0.2, 0.25) is 5.02 Å². The van der Waals surface area contributed by atoms with Crippen molar-refractivity contribution >= 4 is 57.6 Å². The molecule has 37 heavy (non-hydrogen) atoms. The highest BCUT2D eigenvalue weighted by atomic mass is 35.5. The van der Waals surface area contributed by atoms with Gasteiger partial charge in [0.25, 0.3) is 16.8 Å². The van der Waals surface area contributed by atoms with E-state index in [0.29, 0.717) is 48.4 Å². The molecule has 190 valence electrons. The van der Waals surface area contributed by atoms with E-state index in [2.05, 4.69) is 0 Å². The van der Waals surface area contributed by atoms with Crippen LogP contribution < -0.4 is 9.80 Å². The average Bonchev–Trinajstić information content (AvgIpc) is 3.32. The van der Waals surface area contributed by atoms with Crippen molar-refractivity contribution in [3.63, 3.8) is 0 Å². The number of aromatic nitrogens is 1. The third kappa shape index (κ3) is 4.63. The van der Waals surface area contributed by atoms with Gasteiger partial charge in [-0.2, -0.15) is 0 Å². The van der Waals surface area contributed by atoms with Crippen molar-refractivity contribution in [2.75, 3.05) is 36.1 Å². The van der Waals surface area contributed by atoms with E-state index >= 15 is 0 Å². The minimum atomic E-state index is -0.446. The second-order valence-electron chi connectivity index (χ2n) is 8.66. The van der Waals surface area contributed by atoms with Gasteiger partial charge in [-0.05, 0) is 67.6 Å². The Labute approximate surface area is 222 Å². The number of hydrogen-bond acceptors (Lipinski definition) is 7. The first-order valence-electron chi connectivity index (χ1n) is 11.6. The maximum atomic E-state index is 13.1. The van der Waals surface area contributed by atoms with E-state index in [1.807, 2.05) is 35.4 Å². The molecule has 3 aromatic rings. The van der Waals surface area contributed by atoms with Crippen LogP contribution in [-0.2, 0) is 9.53 Å². The summed E-state index contributed by atoms with van der Waals surface area (Å²) in [6.45, 7) is 6.00. The largest absolute Gasteiger partial charge is 0.378 e. The molecule has 2 aromatic carbocycles. The molecule has 0 spiro atoms. The van der Waals surface area contributed by atoms with E-state index < -0.39 is 11.1 Å². The zero-order chi connectivity index (χ0) is 26.3. The van der Waals surface area contributed by atoms with Crippen molar-refractivity contribution < 1.29 is 19.2 Å². The lowest BCUT2D eigenvalue weighted by atomic mass is 10.2. The number of halogens is 1. The average molecular weight is 539 g/mol. The molecule has 3 heterocycles. The zero-order valence-electron chi connectivity index (χ0n) is 20.1. The van der Waals surface area contributed by atoms with Crippen LogP contribution in [0.1, 0.15) is 17.0 Å². The Bertz CT molecular complexity index is 1460.